The summed E-state index contributed by atoms with van der Waals surface area (Å²) in [7, 11) is 0. The Morgan fingerprint density at radius 3 is 2.82 bits per heavy atom. The molecule has 2 aromatic carbocycles. The van der Waals surface area contributed by atoms with Crippen LogP contribution in [0.3, 0.4) is 0 Å². The number of hydrazone groups is 1. The third-order valence-corrected chi connectivity index (χ3v) is 3.24. The number of amides is 1. The number of benzene rings is 2. The summed E-state index contributed by atoms with van der Waals surface area (Å²) in [5.74, 6) is -0.138. The first-order valence-electron chi connectivity index (χ1n) is 7.02. The number of carbonyl (C=O) groups is 1. The van der Waals surface area contributed by atoms with Gasteiger partial charge in [-0.2, -0.15) is 5.10 Å². The van der Waals surface area contributed by atoms with Crippen LogP contribution in [0.1, 0.15) is 11.1 Å². The standard InChI is InChI=1S/C18H15N3O/c22-18(12-14-5-2-1-3-6-14)21-20-13-15-8-9-16-7-4-10-19-17(16)11-15/h1-11,13H,12H2,(H,21,22)/b20-13+. The molecule has 4 heteroatoms. The molecule has 0 spiro atoms. The van der Waals surface area contributed by atoms with Gasteiger partial charge < -0.3 is 0 Å². The lowest BCUT2D eigenvalue weighted by Gasteiger charge is -2.00. The van der Waals surface area contributed by atoms with E-state index in [1.807, 2.05) is 60.7 Å². The third kappa shape index (κ3) is 3.55. The summed E-state index contributed by atoms with van der Waals surface area (Å²) in [5.41, 5.74) is 5.30. The number of pyridine rings is 1. The minimum Gasteiger partial charge on any atom is -0.273 e. The predicted octanol–water partition coefficient (Wildman–Crippen LogP) is 2.93. The average Bonchev–Trinajstić information content (AvgIpc) is 2.55. The zero-order valence-corrected chi connectivity index (χ0v) is 11.9. The van der Waals surface area contributed by atoms with E-state index in [0.29, 0.717) is 6.42 Å². The molecule has 0 bridgehead atoms. The van der Waals surface area contributed by atoms with Crippen molar-refractivity contribution in [3.05, 3.63) is 78.0 Å². The summed E-state index contributed by atoms with van der Waals surface area (Å²) in [5, 5.41) is 5.07. The van der Waals surface area contributed by atoms with Crippen LogP contribution >= 0.6 is 0 Å². The molecule has 0 aliphatic rings. The fourth-order valence-corrected chi connectivity index (χ4v) is 2.16. The van der Waals surface area contributed by atoms with Gasteiger partial charge in [0, 0.05) is 11.6 Å². The normalized spacial score (nSPS) is 10.9. The van der Waals surface area contributed by atoms with E-state index in [9.17, 15) is 4.79 Å². The minimum atomic E-state index is -0.138. The summed E-state index contributed by atoms with van der Waals surface area (Å²) >= 11 is 0. The molecular formula is C18H15N3O. The highest BCUT2D eigenvalue weighted by Gasteiger charge is 2.01. The Morgan fingerprint density at radius 2 is 1.95 bits per heavy atom. The van der Waals surface area contributed by atoms with E-state index in [-0.39, 0.29) is 5.91 Å². The Balaban J connectivity index is 1.62. The van der Waals surface area contributed by atoms with Crippen LogP contribution < -0.4 is 5.43 Å². The Kier molecular flexibility index (Phi) is 4.20. The fraction of sp³-hybridized carbons (Fsp3) is 0.0556. The SMILES string of the molecule is O=C(Cc1ccccc1)N/N=C/c1ccc2cccnc2c1. The monoisotopic (exact) mass is 289 g/mol. The van der Waals surface area contributed by atoms with Crippen molar-refractivity contribution in [1.82, 2.24) is 10.4 Å². The van der Waals surface area contributed by atoms with Gasteiger partial charge in [-0.25, -0.2) is 5.43 Å². The number of fused-ring (bicyclic) bond motifs is 1. The lowest BCUT2D eigenvalue weighted by atomic mass is 10.1. The second-order valence-corrected chi connectivity index (χ2v) is 4.91. The second-order valence-electron chi connectivity index (χ2n) is 4.91. The average molecular weight is 289 g/mol. The van der Waals surface area contributed by atoms with Crippen molar-refractivity contribution in [2.24, 2.45) is 5.10 Å². The van der Waals surface area contributed by atoms with Crippen LogP contribution in [0.25, 0.3) is 10.9 Å². The van der Waals surface area contributed by atoms with Crippen molar-refractivity contribution >= 4 is 23.0 Å². The molecule has 0 aliphatic carbocycles. The maximum atomic E-state index is 11.8. The van der Waals surface area contributed by atoms with Crippen LogP contribution in [0.4, 0.5) is 0 Å². The van der Waals surface area contributed by atoms with Gasteiger partial charge in [-0.05, 0) is 23.3 Å². The number of nitrogens with one attached hydrogen (secondary N) is 1. The molecule has 0 atom stereocenters. The van der Waals surface area contributed by atoms with E-state index in [1.54, 1.807) is 12.4 Å². The number of hydrogen-bond donors (Lipinski definition) is 1. The van der Waals surface area contributed by atoms with Gasteiger partial charge in [-0.3, -0.25) is 9.78 Å². The molecule has 0 saturated heterocycles. The van der Waals surface area contributed by atoms with Gasteiger partial charge in [0.25, 0.3) is 0 Å². The maximum absolute atomic E-state index is 11.8. The van der Waals surface area contributed by atoms with Crippen LogP contribution in [0.2, 0.25) is 0 Å². The molecule has 0 fully saturated rings. The van der Waals surface area contributed by atoms with Crippen LogP contribution in [0, 0.1) is 0 Å². The maximum Gasteiger partial charge on any atom is 0.244 e. The fourth-order valence-electron chi connectivity index (χ4n) is 2.16. The van der Waals surface area contributed by atoms with Crippen molar-refractivity contribution < 1.29 is 4.79 Å². The summed E-state index contributed by atoms with van der Waals surface area (Å²) in [4.78, 5) is 16.1. The number of hydrogen-bond acceptors (Lipinski definition) is 3. The second kappa shape index (κ2) is 6.63. The Hall–Kier alpha value is -3.01. The first-order chi connectivity index (χ1) is 10.8. The molecule has 4 nitrogen and oxygen atoms in total. The zero-order valence-electron chi connectivity index (χ0n) is 11.9. The largest absolute Gasteiger partial charge is 0.273 e. The van der Waals surface area contributed by atoms with Crippen molar-refractivity contribution in [3.8, 4) is 0 Å². The highest BCUT2D eigenvalue weighted by Crippen LogP contribution is 2.11. The minimum absolute atomic E-state index is 0.138. The van der Waals surface area contributed by atoms with E-state index in [0.717, 1.165) is 22.0 Å². The molecule has 1 amide bonds. The van der Waals surface area contributed by atoms with Crippen LogP contribution in [-0.4, -0.2) is 17.1 Å². The van der Waals surface area contributed by atoms with Gasteiger partial charge in [-0.1, -0.05) is 48.5 Å². The lowest BCUT2D eigenvalue weighted by molar-refractivity contribution is -0.120. The molecule has 1 N–H and O–H groups in total. The molecule has 0 unspecified atom stereocenters. The van der Waals surface area contributed by atoms with Gasteiger partial charge in [-0.15, -0.1) is 0 Å². The Morgan fingerprint density at radius 1 is 1.09 bits per heavy atom. The van der Waals surface area contributed by atoms with Gasteiger partial charge in [0.1, 0.15) is 0 Å². The predicted molar refractivity (Wildman–Crippen MR) is 87.6 cm³/mol. The van der Waals surface area contributed by atoms with Crippen molar-refractivity contribution in [2.75, 3.05) is 0 Å². The number of rotatable bonds is 4. The smallest absolute Gasteiger partial charge is 0.244 e. The molecular weight excluding hydrogens is 274 g/mol. The van der Waals surface area contributed by atoms with Gasteiger partial charge >= 0.3 is 0 Å². The summed E-state index contributed by atoms with van der Waals surface area (Å²) in [6, 6.07) is 19.3. The summed E-state index contributed by atoms with van der Waals surface area (Å²) in [6.07, 6.45) is 3.69. The first-order valence-corrected chi connectivity index (χ1v) is 7.02. The van der Waals surface area contributed by atoms with Crippen LogP contribution in [0.5, 0.6) is 0 Å². The highest BCUT2D eigenvalue weighted by molar-refractivity contribution is 5.89. The zero-order chi connectivity index (χ0) is 15.2. The molecule has 1 aromatic heterocycles. The third-order valence-electron chi connectivity index (χ3n) is 3.24. The first kappa shape index (κ1) is 13.9. The number of nitrogens with zero attached hydrogens (tertiary/aromatic N) is 2. The molecule has 108 valence electrons. The van der Waals surface area contributed by atoms with Crippen molar-refractivity contribution in [2.45, 2.75) is 6.42 Å². The van der Waals surface area contributed by atoms with E-state index >= 15 is 0 Å². The summed E-state index contributed by atoms with van der Waals surface area (Å²) < 4.78 is 0. The van der Waals surface area contributed by atoms with Gasteiger partial charge in [0.05, 0.1) is 18.2 Å². The van der Waals surface area contributed by atoms with Crippen LogP contribution in [-0.2, 0) is 11.2 Å². The van der Waals surface area contributed by atoms with Gasteiger partial charge in [0.2, 0.25) is 5.91 Å². The molecule has 0 radical (unpaired) electrons. The molecule has 22 heavy (non-hydrogen) atoms. The Labute approximate surface area is 128 Å². The summed E-state index contributed by atoms with van der Waals surface area (Å²) in [6.45, 7) is 0. The quantitative estimate of drug-likeness (QED) is 0.593. The van der Waals surface area contributed by atoms with Crippen molar-refractivity contribution in [1.29, 1.82) is 0 Å². The van der Waals surface area contributed by atoms with Crippen molar-refractivity contribution in [3.63, 3.8) is 0 Å². The number of carbonyl (C=O) groups excluding carboxylic acids is 1. The van der Waals surface area contributed by atoms with E-state index in [1.165, 1.54) is 0 Å². The lowest BCUT2D eigenvalue weighted by Crippen LogP contribution is -2.19. The molecule has 3 rings (SSSR count). The van der Waals surface area contributed by atoms with E-state index in [4.69, 9.17) is 0 Å². The molecule has 3 aromatic rings. The topological polar surface area (TPSA) is 54.4 Å². The Bertz CT molecular complexity index is 813. The van der Waals surface area contributed by atoms with E-state index in [2.05, 4.69) is 15.5 Å². The van der Waals surface area contributed by atoms with E-state index < -0.39 is 0 Å². The van der Waals surface area contributed by atoms with Gasteiger partial charge in [0.15, 0.2) is 0 Å². The molecule has 0 aliphatic heterocycles. The number of aromatic nitrogens is 1. The molecule has 1 heterocycles. The van der Waals surface area contributed by atoms with Crippen LogP contribution in [0.15, 0.2) is 72.0 Å². The molecule has 0 saturated carbocycles. The highest BCUT2D eigenvalue weighted by atomic mass is 16.2.